The fraction of sp³-hybridized carbons (Fsp3) is 0.127. The van der Waals surface area contributed by atoms with Gasteiger partial charge in [0.2, 0.25) is 0 Å². The molecule has 0 amide bonds. The Morgan fingerprint density at radius 1 is 0.246 bits per heavy atom. The highest BCUT2D eigenvalue weighted by molar-refractivity contribution is 8.02. The van der Waals surface area contributed by atoms with Crippen molar-refractivity contribution >= 4 is 103 Å². The molecule has 0 aliphatic heterocycles. The summed E-state index contributed by atoms with van der Waals surface area (Å²) >= 11 is 0. The first-order chi connectivity index (χ1) is 63.2. The van der Waals surface area contributed by atoms with Crippen molar-refractivity contribution in [2.24, 2.45) is 0 Å². The lowest BCUT2D eigenvalue weighted by Gasteiger charge is -2.28. The van der Waals surface area contributed by atoms with Gasteiger partial charge in [0.05, 0.1) is 91.9 Å². The molecule has 4 nitrogen and oxygen atoms in total. The zero-order valence-corrected chi connectivity index (χ0v) is 70.1. The third kappa shape index (κ3) is 25.3. The second-order valence-electron chi connectivity index (χ2n) is 28.3. The highest BCUT2D eigenvalue weighted by atomic mass is 31.2. The number of benzene rings is 14. The van der Waals surface area contributed by atoms with Crippen LogP contribution in [0, 0.1) is 151 Å². The lowest BCUT2D eigenvalue weighted by Crippen LogP contribution is -2.39. The van der Waals surface area contributed by atoms with Gasteiger partial charge in [-0.15, -0.1) is 16.4 Å². The van der Waals surface area contributed by atoms with Crippen LogP contribution in [0.1, 0.15) is 111 Å². The third-order valence-electron chi connectivity index (χ3n) is 19.8. The minimum atomic E-state index is -4.63. The molecule has 0 N–H and O–H groups in total. The van der Waals surface area contributed by atoms with Gasteiger partial charge in [0.25, 0.3) is 0 Å². The molecule has 0 unspecified atom stereocenters. The van der Waals surface area contributed by atoms with E-state index in [2.05, 4.69) is 23.1 Å². The van der Waals surface area contributed by atoms with E-state index in [0.29, 0.717) is 66.2 Å². The Hall–Kier alpha value is -13.9. The average Bonchev–Trinajstić information content (AvgIpc) is 0.717. The van der Waals surface area contributed by atoms with Crippen LogP contribution >= 0.6 is 14.5 Å². The van der Waals surface area contributed by atoms with E-state index in [4.69, 9.17) is 6.57 Å². The van der Waals surface area contributed by atoms with E-state index in [-0.39, 0.29) is 38.7 Å². The minimum absolute atomic E-state index is 0. The number of hydrogen-bond donors (Lipinski definition) is 0. The van der Waals surface area contributed by atoms with Gasteiger partial charge in [0.1, 0.15) is 91.9 Å². The molecule has 0 saturated heterocycles. The lowest BCUT2D eigenvalue weighted by molar-refractivity contribution is -0.138. The maximum absolute atomic E-state index is 13.3. The van der Waals surface area contributed by atoms with Crippen LogP contribution in [0.2, 0.25) is 0 Å². The fourth-order valence-electron chi connectivity index (χ4n) is 13.0. The molecule has 36 heteroatoms. The Kier molecular flexibility index (Phi) is 37.8. The first kappa shape index (κ1) is 113. The van der Waals surface area contributed by atoms with Gasteiger partial charge in [-0.05, 0) is 306 Å². The highest BCUT2D eigenvalue weighted by Crippen LogP contribution is 2.57. The molecule has 716 valence electrons. The number of nitrogens with zero attached hydrogens (tertiary/aromatic N) is 4. The van der Waals surface area contributed by atoms with E-state index in [1.165, 1.54) is 60.7 Å². The SMILES string of the molecule is C.C.C.Cc1ccc([C+](c2ccc(C(F)(F)F)cc2)c2ccc(C(F)(F)F)cc2)cc1.Cc1ccc([P+](c2ccc(C(F)(F)F)cc2)(c2ccc(C(F)(F)F)cc2)c2ccc(C(F)(F)F)cc2)cc1.[BH3-]c1c(F)c(F)c(C)c(F)c1F.[BH3-]c1c(F)c(F)c(C)c(F)c1F.[BH3-]c1c(F)c(F)c(C)c(F)c1F.[C-]#[N+]c1ccc([P+](c2ccc(C#N)cc2)(c2ccc(C#N)cc2)c2ccc(C#N)cc2)cc1. The Bertz CT molecular complexity index is 5830. The highest BCUT2D eigenvalue weighted by Gasteiger charge is 2.51. The molecule has 0 spiro atoms. The zero-order chi connectivity index (χ0) is 100. The Morgan fingerprint density at radius 3 is 0.572 bits per heavy atom. The first-order valence-electron chi connectivity index (χ1n) is 37.8. The molecule has 0 aliphatic rings. The number of nitriles is 3. The van der Waals surface area contributed by atoms with Gasteiger partial charge in [0.15, 0.2) is 40.6 Å². The van der Waals surface area contributed by atoms with Crippen molar-refractivity contribution in [2.75, 3.05) is 0 Å². The first-order valence-corrected chi connectivity index (χ1v) is 41.4. The molecular weight excluding hydrogens is 1890 g/mol. The van der Waals surface area contributed by atoms with Gasteiger partial charge in [-0.1, -0.05) is 52.1 Å². The standard InChI is InChI=1S/C28H19F9P.C28H16N4P.C22H15F6.3C7H6BF4.3CH4/c1-18-2-10-22(11-3-18)38(23-12-4-19(5-13-23)26(29,30)31,24-14-6-20(7-15-24)27(32,33)34)25-16-8-21(9-17-25)28(35,36)37;1-32-24-8-16-28(17-9-24)33(25-10-2-21(18-29)3-11-25,26-12-4-22(19-30)5-13-26)27-14-6-23(20-31)7-15-27;1-14-2-4-15(5-3-14)20(16-6-10-18(11-7-16)21(23,24)25)17-8-12-19(13-9-17)22(26,27)28;3*1-2-4(9)6(11)3(8)7(12)5(2)10;;;/h2-17H,1H3;2-17H;2-13H,1H3;3*1,8H3;3*1H4/q3*+1;3*-1;;;. The largest absolute Gasteiger partial charge is 0.417 e. The van der Waals surface area contributed by atoms with E-state index in [1.807, 2.05) is 116 Å². The Morgan fingerprint density at radius 2 is 0.399 bits per heavy atom. The summed E-state index contributed by atoms with van der Waals surface area (Å²) in [5.74, 6) is -14.3. The molecule has 0 aromatic heterocycles. The van der Waals surface area contributed by atoms with Crippen molar-refractivity contribution in [2.45, 2.75) is 87.8 Å². The Balaban J connectivity index is 0.000000268. The van der Waals surface area contributed by atoms with Crippen LogP contribution in [0.5, 0.6) is 0 Å². The van der Waals surface area contributed by atoms with Crippen molar-refractivity contribution in [3.8, 4) is 18.2 Å². The summed E-state index contributed by atoms with van der Waals surface area (Å²) in [6, 6.07) is 72.8. The van der Waals surface area contributed by atoms with Crippen LogP contribution in [0.4, 0.5) is 124 Å². The molecule has 0 heterocycles. The number of hydrogen-bond acceptors (Lipinski definition) is 3. The number of aryl methyl sites for hydroxylation is 2. The summed E-state index contributed by atoms with van der Waals surface area (Å²) in [5.41, 5.74) is -1.50. The van der Waals surface area contributed by atoms with E-state index < -0.39 is 183 Å². The summed E-state index contributed by atoms with van der Waals surface area (Å²) < 4.78 is 350. The minimum Gasteiger partial charge on any atom is -0.238 e. The second-order valence-corrected chi connectivity index (χ2v) is 35.1. The van der Waals surface area contributed by atoms with Gasteiger partial charge in [0, 0.05) is 16.7 Å². The monoisotopic (exact) mass is 1970 g/mol. The van der Waals surface area contributed by atoms with Crippen LogP contribution < -0.4 is 58.8 Å². The van der Waals surface area contributed by atoms with Crippen LogP contribution in [-0.2, 0) is 30.9 Å². The molecule has 0 aliphatic carbocycles. The number of alkyl halides is 15. The predicted molar refractivity (Wildman–Crippen MR) is 499 cm³/mol. The van der Waals surface area contributed by atoms with E-state index in [9.17, 15) is 134 Å². The second kappa shape index (κ2) is 46.3. The molecular formula is C102H80B3F27N4P2. The number of rotatable bonds is 11. The lowest BCUT2D eigenvalue weighted by atomic mass is 9.84. The smallest absolute Gasteiger partial charge is 0.238 e. The molecule has 14 aromatic rings. The molecule has 0 radical (unpaired) electrons. The summed E-state index contributed by atoms with van der Waals surface area (Å²) in [6.45, 7) is 14.1. The van der Waals surface area contributed by atoms with E-state index in [0.717, 1.165) is 114 Å². The summed E-state index contributed by atoms with van der Waals surface area (Å²) in [4.78, 5) is 3.53. The van der Waals surface area contributed by atoms with Gasteiger partial charge in [-0.2, -0.15) is 81.6 Å². The fourth-order valence-corrected chi connectivity index (χ4v) is 21.3. The van der Waals surface area contributed by atoms with Crippen molar-refractivity contribution in [3.63, 3.8) is 0 Å². The normalized spacial score (nSPS) is 11.2. The van der Waals surface area contributed by atoms with Gasteiger partial charge >= 0.3 is 30.9 Å². The van der Waals surface area contributed by atoms with Crippen LogP contribution in [0.15, 0.2) is 267 Å². The predicted octanol–water partition coefficient (Wildman–Crippen LogP) is 22.7. The van der Waals surface area contributed by atoms with Gasteiger partial charge in [-0.3, -0.25) is 0 Å². The number of halogens is 27. The van der Waals surface area contributed by atoms with Crippen LogP contribution in [0.3, 0.4) is 0 Å². The quantitative estimate of drug-likeness (QED) is 0.0323. The third-order valence-corrected chi connectivity index (χ3v) is 28.4. The molecule has 0 atom stereocenters. The van der Waals surface area contributed by atoms with E-state index >= 15 is 0 Å². The van der Waals surface area contributed by atoms with Gasteiger partial charge in [-0.25, -0.2) is 57.5 Å². The maximum atomic E-state index is 13.3. The van der Waals surface area contributed by atoms with Crippen molar-refractivity contribution in [1.29, 1.82) is 15.8 Å². The van der Waals surface area contributed by atoms with Crippen LogP contribution in [-0.4, -0.2) is 23.5 Å². The van der Waals surface area contributed by atoms with Crippen LogP contribution in [0.25, 0.3) is 4.85 Å². The molecule has 14 aromatic carbocycles. The molecule has 138 heavy (non-hydrogen) atoms. The summed E-state index contributed by atoms with van der Waals surface area (Å²) in [7, 11) is -8.36. The summed E-state index contributed by atoms with van der Waals surface area (Å²) in [6.07, 6.45) is -22.8. The summed E-state index contributed by atoms with van der Waals surface area (Å²) in [5, 5.41) is 33.7. The average molecular weight is 1970 g/mol. The van der Waals surface area contributed by atoms with Crippen molar-refractivity contribution in [1.82, 2.24) is 0 Å². The Labute approximate surface area is 782 Å². The molecule has 0 fully saturated rings. The van der Waals surface area contributed by atoms with Crippen molar-refractivity contribution in [3.05, 3.63) is 443 Å². The zero-order valence-electron chi connectivity index (χ0n) is 68.3. The maximum Gasteiger partial charge on any atom is 0.417 e. The van der Waals surface area contributed by atoms with Crippen molar-refractivity contribution < 1.29 is 119 Å². The van der Waals surface area contributed by atoms with Gasteiger partial charge < -0.3 is 0 Å². The molecule has 0 saturated carbocycles. The molecule has 14 rings (SSSR count). The molecule has 0 bridgehead atoms. The topological polar surface area (TPSA) is 75.7 Å². The van der Waals surface area contributed by atoms with E-state index in [1.54, 1.807) is 43.3 Å².